The van der Waals surface area contributed by atoms with E-state index in [9.17, 15) is 9.59 Å². The Morgan fingerprint density at radius 1 is 1.03 bits per heavy atom. The van der Waals surface area contributed by atoms with E-state index in [0.29, 0.717) is 42.4 Å². The Bertz CT molecular complexity index is 878. The summed E-state index contributed by atoms with van der Waals surface area (Å²) >= 11 is 6.51. The summed E-state index contributed by atoms with van der Waals surface area (Å²) in [5, 5.41) is 3.46. The molecule has 6 nitrogen and oxygen atoms in total. The van der Waals surface area contributed by atoms with Gasteiger partial charge in [0, 0.05) is 43.9 Å². The summed E-state index contributed by atoms with van der Waals surface area (Å²) in [6.45, 7) is 7.40. The van der Waals surface area contributed by atoms with Gasteiger partial charge in [0.1, 0.15) is 5.75 Å². The molecule has 1 heterocycles. The van der Waals surface area contributed by atoms with Gasteiger partial charge in [-0.15, -0.1) is 0 Å². The van der Waals surface area contributed by atoms with Crippen LogP contribution in [0.4, 0.5) is 11.4 Å². The number of carbonyl (C=O) groups is 2. The Labute approximate surface area is 182 Å². The second-order valence-corrected chi connectivity index (χ2v) is 7.60. The van der Waals surface area contributed by atoms with E-state index < -0.39 is 0 Å². The summed E-state index contributed by atoms with van der Waals surface area (Å²) in [4.78, 5) is 28.6. The van der Waals surface area contributed by atoms with Crippen LogP contribution in [0.3, 0.4) is 0 Å². The van der Waals surface area contributed by atoms with Crippen molar-refractivity contribution in [1.29, 1.82) is 0 Å². The van der Waals surface area contributed by atoms with Crippen LogP contribution in [-0.4, -0.2) is 49.5 Å². The smallest absolute Gasteiger partial charge is 0.255 e. The number of anilines is 2. The van der Waals surface area contributed by atoms with Crippen LogP contribution in [0, 0.1) is 0 Å². The van der Waals surface area contributed by atoms with Crippen molar-refractivity contribution in [2.45, 2.75) is 26.7 Å². The Hall–Kier alpha value is -2.73. The second kappa shape index (κ2) is 10.3. The molecule has 0 saturated carbocycles. The Morgan fingerprint density at radius 3 is 2.33 bits per heavy atom. The van der Waals surface area contributed by atoms with E-state index in [-0.39, 0.29) is 11.8 Å². The Balaban J connectivity index is 1.60. The van der Waals surface area contributed by atoms with Gasteiger partial charge in [-0.25, -0.2) is 0 Å². The monoisotopic (exact) mass is 429 g/mol. The lowest BCUT2D eigenvalue weighted by Crippen LogP contribution is -2.48. The fourth-order valence-corrected chi connectivity index (χ4v) is 3.78. The molecule has 7 heteroatoms. The Morgan fingerprint density at radius 2 is 1.73 bits per heavy atom. The molecule has 0 bridgehead atoms. The predicted molar refractivity (Wildman–Crippen MR) is 121 cm³/mol. The maximum atomic E-state index is 12.5. The average Bonchev–Trinajstić information content (AvgIpc) is 2.75. The lowest BCUT2D eigenvalue weighted by Gasteiger charge is -2.36. The third kappa shape index (κ3) is 5.45. The standard InChI is InChI=1S/C23H28ClN3O3/c1-3-5-22(28)27-14-12-26(13-15-27)21-11-8-18(16-20(21)24)25-23(29)17-6-9-19(10-7-17)30-4-2/h6-11,16H,3-5,12-15H2,1-2H3,(H,25,29). The number of rotatable bonds is 7. The Kier molecular flexibility index (Phi) is 7.57. The summed E-state index contributed by atoms with van der Waals surface area (Å²) in [7, 11) is 0. The van der Waals surface area contributed by atoms with Crippen molar-refractivity contribution in [3.8, 4) is 5.75 Å². The SMILES string of the molecule is CCCC(=O)N1CCN(c2ccc(NC(=O)c3ccc(OCC)cc3)cc2Cl)CC1. The van der Waals surface area contributed by atoms with Crippen molar-refractivity contribution >= 4 is 34.8 Å². The van der Waals surface area contributed by atoms with Gasteiger partial charge in [0.2, 0.25) is 5.91 Å². The van der Waals surface area contributed by atoms with Crippen molar-refractivity contribution in [2.75, 3.05) is 43.0 Å². The minimum Gasteiger partial charge on any atom is -0.494 e. The number of carbonyl (C=O) groups excluding carboxylic acids is 2. The summed E-state index contributed by atoms with van der Waals surface area (Å²) < 4.78 is 5.40. The van der Waals surface area contributed by atoms with E-state index in [1.165, 1.54) is 0 Å². The van der Waals surface area contributed by atoms with Crippen molar-refractivity contribution in [3.63, 3.8) is 0 Å². The molecule has 0 aliphatic carbocycles. The number of ether oxygens (including phenoxy) is 1. The summed E-state index contributed by atoms with van der Waals surface area (Å²) in [6, 6.07) is 12.5. The molecule has 2 aromatic rings. The van der Waals surface area contributed by atoms with Gasteiger partial charge in [-0.1, -0.05) is 18.5 Å². The van der Waals surface area contributed by atoms with E-state index in [1.54, 1.807) is 30.3 Å². The van der Waals surface area contributed by atoms with Crippen molar-refractivity contribution in [1.82, 2.24) is 4.90 Å². The van der Waals surface area contributed by atoms with E-state index in [2.05, 4.69) is 10.2 Å². The highest BCUT2D eigenvalue weighted by Gasteiger charge is 2.22. The van der Waals surface area contributed by atoms with Gasteiger partial charge >= 0.3 is 0 Å². The van der Waals surface area contributed by atoms with Crippen LogP contribution in [0.2, 0.25) is 5.02 Å². The lowest BCUT2D eigenvalue weighted by molar-refractivity contribution is -0.131. The number of halogens is 1. The van der Waals surface area contributed by atoms with E-state index >= 15 is 0 Å². The molecule has 1 saturated heterocycles. The molecule has 1 fully saturated rings. The van der Waals surface area contributed by atoms with Gasteiger partial charge < -0.3 is 19.9 Å². The van der Waals surface area contributed by atoms with Gasteiger partial charge in [0.15, 0.2) is 0 Å². The van der Waals surface area contributed by atoms with E-state index in [0.717, 1.165) is 30.9 Å². The maximum Gasteiger partial charge on any atom is 0.255 e. The van der Waals surface area contributed by atoms with Gasteiger partial charge in [0.25, 0.3) is 5.91 Å². The first-order valence-electron chi connectivity index (χ1n) is 10.4. The number of hydrogen-bond acceptors (Lipinski definition) is 4. The van der Waals surface area contributed by atoms with E-state index in [4.69, 9.17) is 16.3 Å². The first kappa shape index (κ1) is 22.0. The first-order valence-corrected chi connectivity index (χ1v) is 10.8. The molecule has 2 amide bonds. The summed E-state index contributed by atoms with van der Waals surface area (Å²) in [5.41, 5.74) is 2.10. The van der Waals surface area contributed by atoms with Crippen LogP contribution in [0.15, 0.2) is 42.5 Å². The predicted octanol–water partition coefficient (Wildman–Crippen LogP) is 4.44. The van der Waals surface area contributed by atoms with Crippen LogP contribution in [0.1, 0.15) is 37.0 Å². The molecule has 2 aromatic carbocycles. The second-order valence-electron chi connectivity index (χ2n) is 7.20. The number of benzene rings is 2. The highest BCUT2D eigenvalue weighted by atomic mass is 35.5. The highest BCUT2D eigenvalue weighted by molar-refractivity contribution is 6.33. The third-order valence-corrected chi connectivity index (χ3v) is 5.37. The van der Waals surface area contributed by atoms with Crippen molar-refractivity contribution in [3.05, 3.63) is 53.1 Å². The first-order chi connectivity index (χ1) is 14.5. The molecular weight excluding hydrogens is 402 g/mol. The number of amides is 2. The molecule has 0 spiro atoms. The molecule has 1 N–H and O–H groups in total. The van der Waals surface area contributed by atoms with Crippen molar-refractivity contribution < 1.29 is 14.3 Å². The fourth-order valence-electron chi connectivity index (χ4n) is 3.48. The third-order valence-electron chi connectivity index (χ3n) is 5.07. The maximum absolute atomic E-state index is 12.5. The van der Waals surface area contributed by atoms with Crippen LogP contribution in [0.25, 0.3) is 0 Å². The minimum absolute atomic E-state index is 0.204. The van der Waals surface area contributed by atoms with Crippen molar-refractivity contribution in [2.24, 2.45) is 0 Å². The molecule has 1 aliphatic rings. The van der Waals surface area contributed by atoms with Gasteiger partial charge in [-0.05, 0) is 55.8 Å². The largest absolute Gasteiger partial charge is 0.494 e. The zero-order valence-corrected chi connectivity index (χ0v) is 18.2. The molecule has 3 rings (SSSR count). The minimum atomic E-state index is -0.204. The number of nitrogens with one attached hydrogen (secondary N) is 1. The van der Waals surface area contributed by atoms with Crippen LogP contribution >= 0.6 is 11.6 Å². The zero-order chi connectivity index (χ0) is 21.5. The number of piperazine rings is 1. The molecule has 1 aliphatic heterocycles. The van der Waals surface area contributed by atoms with Gasteiger partial charge in [0.05, 0.1) is 17.3 Å². The quantitative estimate of drug-likeness (QED) is 0.706. The van der Waals surface area contributed by atoms with Crippen LogP contribution < -0.4 is 15.0 Å². The molecule has 0 atom stereocenters. The van der Waals surface area contributed by atoms with Crippen LogP contribution in [-0.2, 0) is 4.79 Å². The zero-order valence-electron chi connectivity index (χ0n) is 17.5. The molecule has 160 valence electrons. The van der Waals surface area contributed by atoms with Gasteiger partial charge in [-0.2, -0.15) is 0 Å². The normalized spacial score (nSPS) is 13.8. The topological polar surface area (TPSA) is 61.9 Å². The lowest BCUT2D eigenvalue weighted by atomic mass is 10.2. The highest BCUT2D eigenvalue weighted by Crippen LogP contribution is 2.30. The van der Waals surface area contributed by atoms with Gasteiger partial charge in [-0.3, -0.25) is 9.59 Å². The summed E-state index contributed by atoms with van der Waals surface area (Å²) in [6.07, 6.45) is 1.47. The molecular formula is C23H28ClN3O3. The fraction of sp³-hybridized carbons (Fsp3) is 0.391. The molecule has 0 aromatic heterocycles. The molecule has 30 heavy (non-hydrogen) atoms. The van der Waals surface area contributed by atoms with E-state index in [1.807, 2.05) is 30.9 Å². The average molecular weight is 430 g/mol. The molecule has 0 radical (unpaired) electrons. The number of nitrogens with zero attached hydrogens (tertiary/aromatic N) is 2. The number of hydrogen-bond donors (Lipinski definition) is 1. The van der Waals surface area contributed by atoms with Crippen LogP contribution in [0.5, 0.6) is 5.75 Å². The summed E-state index contributed by atoms with van der Waals surface area (Å²) in [5.74, 6) is 0.749. The molecule has 0 unspecified atom stereocenters.